The van der Waals surface area contributed by atoms with Gasteiger partial charge in [-0.15, -0.1) is 0 Å². The highest BCUT2D eigenvalue weighted by molar-refractivity contribution is 6.46. The maximum absolute atomic E-state index is 13.6. The summed E-state index contributed by atoms with van der Waals surface area (Å²) < 4.78 is 13.6. The van der Waals surface area contributed by atoms with Gasteiger partial charge in [-0.25, -0.2) is 9.29 Å². The van der Waals surface area contributed by atoms with Gasteiger partial charge in [0.1, 0.15) is 11.5 Å². The third kappa shape index (κ3) is 3.68. The highest BCUT2D eigenvalue weighted by Crippen LogP contribution is 2.35. The molecule has 0 unspecified atom stereocenters. The third-order valence-corrected chi connectivity index (χ3v) is 5.73. The Hall–Kier alpha value is -4.25. The van der Waals surface area contributed by atoms with Crippen LogP contribution in [-0.4, -0.2) is 11.8 Å². The summed E-state index contributed by atoms with van der Waals surface area (Å²) in [5.74, 6) is -1.30. The van der Waals surface area contributed by atoms with Crippen molar-refractivity contribution in [2.75, 3.05) is 10.2 Å². The Balaban J connectivity index is 1.67. The second kappa shape index (κ2) is 8.02. The first-order chi connectivity index (χ1) is 15.9. The number of fused-ring (bicyclic) bond motifs is 1. The standard InChI is InChI=1S/C28H21FN2O2/c1-17-14-18(2)16-22(15-17)31-27(32)25(20-10-12-21(29)13-11-20)26(28(31)33)30-24-9-5-7-19-6-3-4-8-23(19)24/h3-16,30H,1-2H3. The van der Waals surface area contributed by atoms with E-state index in [1.807, 2.05) is 74.5 Å². The van der Waals surface area contributed by atoms with Crippen LogP contribution in [0.2, 0.25) is 0 Å². The number of amides is 2. The summed E-state index contributed by atoms with van der Waals surface area (Å²) in [4.78, 5) is 28.4. The van der Waals surface area contributed by atoms with E-state index < -0.39 is 17.6 Å². The fourth-order valence-corrected chi connectivity index (χ4v) is 4.31. The fraction of sp³-hybridized carbons (Fsp3) is 0.0714. The minimum atomic E-state index is -0.447. The molecular weight excluding hydrogens is 415 g/mol. The van der Waals surface area contributed by atoms with Gasteiger partial charge in [0.15, 0.2) is 0 Å². The van der Waals surface area contributed by atoms with E-state index in [2.05, 4.69) is 5.32 Å². The molecule has 0 saturated carbocycles. The molecule has 1 N–H and O–H groups in total. The second-order valence-corrected chi connectivity index (χ2v) is 8.20. The van der Waals surface area contributed by atoms with Gasteiger partial charge in [0.2, 0.25) is 0 Å². The molecule has 4 aromatic carbocycles. The Kier molecular flexibility index (Phi) is 5.02. The number of benzene rings is 4. The lowest BCUT2D eigenvalue weighted by atomic mass is 10.0. The molecule has 0 atom stereocenters. The monoisotopic (exact) mass is 436 g/mol. The van der Waals surface area contributed by atoms with Crippen LogP contribution >= 0.6 is 0 Å². The topological polar surface area (TPSA) is 49.4 Å². The van der Waals surface area contributed by atoms with Crippen molar-refractivity contribution in [2.24, 2.45) is 0 Å². The predicted octanol–water partition coefficient (Wildman–Crippen LogP) is 5.99. The summed E-state index contributed by atoms with van der Waals surface area (Å²) in [6.07, 6.45) is 0. The van der Waals surface area contributed by atoms with Crippen LogP contribution in [0.1, 0.15) is 16.7 Å². The van der Waals surface area contributed by atoms with Crippen molar-refractivity contribution in [3.8, 4) is 0 Å². The molecule has 0 fully saturated rings. The molecule has 4 aromatic rings. The minimum absolute atomic E-state index is 0.169. The van der Waals surface area contributed by atoms with Crippen molar-refractivity contribution in [3.05, 3.63) is 113 Å². The molecule has 2 amide bonds. The smallest absolute Gasteiger partial charge is 0.282 e. The maximum atomic E-state index is 13.6. The number of rotatable bonds is 4. The van der Waals surface area contributed by atoms with Crippen LogP contribution in [-0.2, 0) is 9.59 Å². The van der Waals surface area contributed by atoms with E-state index in [0.717, 1.165) is 21.9 Å². The Bertz CT molecular complexity index is 1430. The molecule has 5 heteroatoms. The molecule has 33 heavy (non-hydrogen) atoms. The lowest BCUT2D eigenvalue weighted by molar-refractivity contribution is -0.120. The first kappa shape index (κ1) is 20.6. The summed E-state index contributed by atoms with van der Waals surface area (Å²) in [5, 5.41) is 5.17. The number of carbonyl (C=O) groups is 2. The fourth-order valence-electron chi connectivity index (χ4n) is 4.31. The molecule has 162 valence electrons. The highest BCUT2D eigenvalue weighted by atomic mass is 19.1. The summed E-state index contributed by atoms with van der Waals surface area (Å²) >= 11 is 0. The van der Waals surface area contributed by atoms with E-state index in [1.54, 1.807) is 0 Å². The lowest BCUT2D eigenvalue weighted by Crippen LogP contribution is -2.32. The van der Waals surface area contributed by atoms with Crippen molar-refractivity contribution in [1.82, 2.24) is 0 Å². The number of hydrogen-bond acceptors (Lipinski definition) is 3. The zero-order valence-electron chi connectivity index (χ0n) is 18.2. The van der Waals surface area contributed by atoms with Gasteiger partial charge >= 0.3 is 0 Å². The van der Waals surface area contributed by atoms with Crippen LogP contribution in [0.25, 0.3) is 16.3 Å². The molecule has 0 aromatic heterocycles. The van der Waals surface area contributed by atoms with Crippen molar-refractivity contribution in [2.45, 2.75) is 13.8 Å². The van der Waals surface area contributed by atoms with Crippen LogP contribution in [0, 0.1) is 19.7 Å². The molecule has 0 spiro atoms. The van der Waals surface area contributed by atoms with Crippen molar-refractivity contribution >= 4 is 39.5 Å². The number of carbonyl (C=O) groups excluding carboxylic acids is 2. The van der Waals surface area contributed by atoms with E-state index in [1.165, 1.54) is 29.2 Å². The lowest BCUT2D eigenvalue weighted by Gasteiger charge is -2.17. The Morgan fingerprint density at radius 3 is 2.15 bits per heavy atom. The van der Waals surface area contributed by atoms with E-state index in [0.29, 0.717) is 16.9 Å². The van der Waals surface area contributed by atoms with Crippen LogP contribution in [0.5, 0.6) is 0 Å². The number of nitrogens with zero attached hydrogens (tertiary/aromatic N) is 1. The summed E-state index contributed by atoms with van der Waals surface area (Å²) in [7, 11) is 0. The van der Waals surface area contributed by atoms with Gasteiger partial charge in [-0.3, -0.25) is 9.59 Å². The third-order valence-electron chi connectivity index (χ3n) is 5.73. The van der Waals surface area contributed by atoms with Gasteiger partial charge in [0.05, 0.1) is 11.3 Å². The van der Waals surface area contributed by atoms with Crippen molar-refractivity contribution < 1.29 is 14.0 Å². The first-order valence-electron chi connectivity index (χ1n) is 10.6. The first-order valence-corrected chi connectivity index (χ1v) is 10.6. The normalized spacial score (nSPS) is 13.8. The molecule has 5 rings (SSSR count). The number of imide groups is 1. The minimum Gasteiger partial charge on any atom is -0.350 e. The number of halogens is 1. The van der Waals surface area contributed by atoms with Crippen LogP contribution in [0.15, 0.2) is 90.6 Å². The summed E-state index contributed by atoms with van der Waals surface area (Å²) in [5.41, 5.74) is 3.98. The second-order valence-electron chi connectivity index (χ2n) is 8.20. The quantitative estimate of drug-likeness (QED) is 0.400. The van der Waals surface area contributed by atoms with Gasteiger partial charge in [0, 0.05) is 11.1 Å². The van der Waals surface area contributed by atoms with Crippen LogP contribution < -0.4 is 10.2 Å². The Labute approximate surface area is 191 Å². The largest absolute Gasteiger partial charge is 0.350 e. The predicted molar refractivity (Wildman–Crippen MR) is 129 cm³/mol. The maximum Gasteiger partial charge on any atom is 0.282 e. The van der Waals surface area contributed by atoms with Crippen molar-refractivity contribution in [3.63, 3.8) is 0 Å². The van der Waals surface area contributed by atoms with Crippen molar-refractivity contribution in [1.29, 1.82) is 0 Å². The zero-order valence-corrected chi connectivity index (χ0v) is 18.2. The SMILES string of the molecule is Cc1cc(C)cc(N2C(=O)C(Nc3cccc4ccccc34)=C(c3ccc(F)cc3)C2=O)c1. The van der Waals surface area contributed by atoms with Gasteiger partial charge in [0.25, 0.3) is 11.8 Å². The van der Waals surface area contributed by atoms with Crippen LogP contribution in [0.4, 0.5) is 15.8 Å². The molecule has 1 aliphatic rings. The molecule has 1 aliphatic heterocycles. The van der Waals surface area contributed by atoms with E-state index >= 15 is 0 Å². The van der Waals surface area contributed by atoms with Gasteiger partial charge in [-0.2, -0.15) is 0 Å². The van der Waals surface area contributed by atoms with E-state index in [-0.39, 0.29) is 11.3 Å². The molecule has 0 bridgehead atoms. The van der Waals surface area contributed by atoms with E-state index in [4.69, 9.17) is 0 Å². The Morgan fingerprint density at radius 2 is 1.42 bits per heavy atom. The van der Waals surface area contributed by atoms with E-state index in [9.17, 15) is 14.0 Å². The molecule has 0 radical (unpaired) electrons. The number of hydrogen-bond donors (Lipinski definition) is 1. The van der Waals surface area contributed by atoms with Gasteiger partial charge in [-0.1, -0.05) is 54.6 Å². The molecule has 0 aliphatic carbocycles. The average Bonchev–Trinajstić information content (AvgIpc) is 3.03. The summed E-state index contributed by atoms with van der Waals surface area (Å²) in [6, 6.07) is 24.8. The molecular formula is C28H21FN2O2. The average molecular weight is 436 g/mol. The van der Waals surface area contributed by atoms with Gasteiger partial charge < -0.3 is 5.32 Å². The molecule has 0 saturated heterocycles. The number of aryl methyl sites for hydroxylation is 2. The highest BCUT2D eigenvalue weighted by Gasteiger charge is 2.40. The number of nitrogens with one attached hydrogen (secondary N) is 1. The molecule has 1 heterocycles. The zero-order chi connectivity index (χ0) is 23.1. The van der Waals surface area contributed by atoms with Gasteiger partial charge in [-0.05, 0) is 66.3 Å². The number of anilines is 2. The Morgan fingerprint density at radius 1 is 0.758 bits per heavy atom. The molecule has 4 nitrogen and oxygen atoms in total. The van der Waals surface area contributed by atoms with Crippen LogP contribution in [0.3, 0.4) is 0 Å². The summed E-state index contributed by atoms with van der Waals surface area (Å²) in [6.45, 7) is 3.84.